The van der Waals surface area contributed by atoms with E-state index in [1.54, 1.807) is 7.05 Å². The Kier molecular flexibility index (Phi) is 3.27. The van der Waals surface area contributed by atoms with Crippen LogP contribution in [0.25, 0.3) is 0 Å². The molecule has 0 aromatic rings. The first-order valence-corrected chi connectivity index (χ1v) is 6.13. The van der Waals surface area contributed by atoms with Gasteiger partial charge in [-0.25, -0.2) is 8.42 Å². The Morgan fingerprint density at radius 1 is 1.38 bits per heavy atom. The van der Waals surface area contributed by atoms with E-state index in [1.165, 1.54) is 10.6 Å². The Balaban J connectivity index is 2.73. The van der Waals surface area contributed by atoms with Crippen LogP contribution in [0, 0.1) is 0 Å². The number of rotatable bonds is 2. The quantitative estimate of drug-likeness (QED) is 0.672. The maximum atomic E-state index is 11.2. The van der Waals surface area contributed by atoms with Crippen molar-refractivity contribution in [3.05, 3.63) is 24.3 Å². The van der Waals surface area contributed by atoms with Crippen LogP contribution in [0.15, 0.2) is 24.3 Å². The zero-order valence-corrected chi connectivity index (χ0v) is 8.79. The standard InChI is InChI=1S/C9H15NO2S/c1-10(13(2,11)12)9-7-5-3-4-6-8-9/h3-5,7,9H,6,8H2,1-2H3/t9-/m0/s1. The summed E-state index contributed by atoms with van der Waals surface area (Å²) in [4.78, 5) is 0. The molecule has 0 bridgehead atoms. The van der Waals surface area contributed by atoms with Gasteiger partial charge in [-0.05, 0) is 12.8 Å². The van der Waals surface area contributed by atoms with Gasteiger partial charge < -0.3 is 0 Å². The lowest BCUT2D eigenvalue weighted by Gasteiger charge is -2.22. The molecule has 1 aliphatic carbocycles. The first-order valence-electron chi connectivity index (χ1n) is 4.28. The second kappa shape index (κ2) is 4.07. The molecule has 74 valence electrons. The first-order chi connectivity index (χ1) is 6.02. The zero-order valence-electron chi connectivity index (χ0n) is 7.97. The number of nitrogens with zero attached hydrogens (tertiary/aromatic N) is 1. The maximum absolute atomic E-state index is 11.2. The summed E-state index contributed by atoms with van der Waals surface area (Å²) in [7, 11) is -1.44. The van der Waals surface area contributed by atoms with Gasteiger partial charge in [-0.3, -0.25) is 0 Å². The smallest absolute Gasteiger partial charge is 0.211 e. The highest BCUT2D eigenvalue weighted by Gasteiger charge is 2.19. The molecular formula is C9H15NO2S. The monoisotopic (exact) mass is 201 g/mol. The molecule has 1 atom stereocenters. The van der Waals surface area contributed by atoms with Crippen molar-refractivity contribution in [2.45, 2.75) is 18.9 Å². The second-order valence-corrected chi connectivity index (χ2v) is 5.28. The van der Waals surface area contributed by atoms with E-state index in [0.717, 1.165) is 12.8 Å². The topological polar surface area (TPSA) is 37.4 Å². The molecule has 0 radical (unpaired) electrons. The third-order valence-corrected chi connectivity index (χ3v) is 3.52. The van der Waals surface area contributed by atoms with Crippen molar-refractivity contribution in [3.8, 4) is 0 Å². The summed E-state index contributed by atoms with van der Waals surface area (Å²) >= 11 is 0. The molecule has 0 aromatic carbocycles. The maximum Gasteiger partial charge on any atom is 0.211 e. The molecule has 0 spiro atoms. The van der Waals surface area contributed by atoms with E-state index in [9.17, 15) is 8.42 Å². The van der Waals surface area contributed by atoms with Gasteiger partial charge in [0.15, 0.2) is 0 Å². The van der Waals surface area contributed by atoms with Crippen LogP contribution < -0.4 is 0 Å². The van der Waals surface area contributed by atoms with E-state index in [2.05, 4.69) is 0 Å². The lowest BCUT2D eigenvalue weighted by molar-refractivity contribution is 0.406. The summed E-state index contributed by atoms with van der Waals surface area (Å²) in [6, 6.07) is 0.00463. The molecule has 0 heterocycles. The van der Waals surface area contributed by atoms with Gasteiger partial charge in [0.25, 0.3) is 0 Å². The van der Waals surface area contributed by atoms with Crippen molar-refractivity contribution in [3.63, 3.8) is 0 Å². The van der Waals surface area contributed by atoms with Gasteiger partial charge in [-0.15, -0.1) is 0 Å². The summed E-state index contributed by atoms with van der Waals surface area (Å²) in [6.07, 6.45) is 10.8. The first kappa shape index (κ1) is 10.5. The average Bonchev–Trinajstić information content (AvgIpc) is 2.28. The molecule has 3 nitrogen and oxygen atoms in total. The molecule has 0 saturated heterocycles. The van der Waals surface area contributed by atoms with E-state index in [1.807, 2.05) is 24.3 Å². The molecular weight excluding hydrogens is 186 g/mol. The van der Waals surface area contributed by atoms with Gasteiger partial charge >= 0.3 is 0 Å². The van der Waals surface area contributed by atoms with Crippen LogP contribution >= 0.6 is 0 Å². The predicted octanol–water partition coefficient (Wildman–Crippen LogP) is 1.15. The lowest BCUT2D eigenvalue weighted by atomic mass is 10.2. The van der Waals surface area contributed by atoms with E-state index >= 15 is 0 Å². The van der Waals surface area contributed by atoms with Gasteiger partial charge in [-0.1, -0.05) is 24.3 Å². The normalized spacial score (nSPS) is 23.5. The van der Waals surface area contributed by atoms with Crippen LogP contribution in [-0.4, -0.2) is 32.1 Å². The van der Waals surface area contributed by atoms with Crippen LogP contribution in [0.5, 0.6) is 0 Å². The van der Waals surface area contributed by atoms with Crippen LogP contribution in [0.1, 0.15) is 12.8 Å². The third kappa shape index (κ3) is 2.97. The summed E-state index contributed by atoms with van der Waals surface area (Å²) in [6.45, 7) is 0. The van der Waals surface area contributed by atoms with Crippen LogP contribution in [0.2, 0.25) is 0 Å². The predicted molar refractivity (Wildman–Crippen MR) is 53.9 cm³/mol. The number of hydrogen-bond donors (Lipinski definition) is 0. The summed E-state index contributed by atoms with van der Waals surface area (Å²) in [5.41, 5.74) is 0. The Labute approximate surface area is 79.8 Å². The molecule has 13 heavy (non-hydrogen) atoms. The van der Waals surface area contributed by atoms with Crippen molar-refractivity contribution in [2.75, 3.05) is 13.3 Å². The molecule has 0 unspecified atom stereocenters. The molecule has 0 fully saturated rings. The highest BCUT2D eigenvalue weighted by Crippen LogP contribution is 2.13. The van der Waals surface area contributed by atoms with Gasteiger partial charge in [-0.2, -0.15) is 4.31 Å². The van der Waals surface area contributed by atoms with Gasteiger partial charge in [0.1, 0.15) is 0 Å². The summed E-state index contributed by atoms with van der Waals surface area (Å²) in [5.74, 6) is 0. The molecule has 0 amide bonds. The molecule has 4 heteroatoms. The van der Waals surface area contributed by atoms with Gasteiger partial charge in [0, 0.05) is 13.1 Å². The molecule has 0 saturated carbocycles. The number of sulfonamides is 1. The van der Waals surface area contributed by atoms with Crippen LogP contribution in [0.3, 0.4) is 0 Å². The highest BCUT2D eigenvalue weighted by atomic mass is 32.2. The highest BCUT2D eigenvalue weighted by molar-refractivity contribution is 7.88. The van der Waals surface area contributed by atoms with Gasteiger partial charge in [0.05, 0.1) is 6.26 Å². The van der Waals surface area contributed by atoms with E-state index < -0.39 is 10.0 Å². The number of likely N-dealkylation sites (N-methyl/N-ethyl adjacent to an activating group) is 1. The third-order valence-electron chi connectivity index (χ3n) is 2.20. The molecule has 0 N–H and O–H groups in total. The number of hydrogen-bond acceptors (Lipinski definition) is 2. The van der Waals surface area contributed by atoms with Crippen LogP contribution in [0.4, 0.5) is 0 Å². The van der Waals surface area contributed by atoms with E-state index in [4.69, 9.17) is 0 Å². The minimum absolute atomic E-state index is 0.00463. The minimum atomic E-state index is -3.06. The number of allylic oxidation sites excluding steroid dienone is 3. The van der Waals surface area contributed by atoms with Gasteiger partial charge in [0.2, 0.25) is 10.0 Å². The summed E-state index contributed by atoms with van der Waals surface area (Å²) in [5, 5.41) is 0. The largest absolute Gasteiger partial charge is 0.212 e. The summed E-state index contributed by atoms with van der Waals surface area (Å²) < 4.78 is 23.8. The van der Waals surface area contributed by atoms with Crippen LogP contribution in [-0.2, 0) is 10.0 Å². The fourth-order valence-electron chi connectivity index (χ4n) is 1.28. The van der Waals surface area contributed by atoms with E-state index in [0.29, 0.717) is 0 Å². The molecule has 1 rings (SSSR count). The minimum Gasteiger partial charge on any atom is -0.212 e. The second-order valence-electron chi connectivity index (χ2n) is 3.24. The van der Waals surface area contributed by atoms with Crippen molar-refractivity contribution < 1.29 is 8.42 Å². The zero-order chi connectivity index (χ0) is 9.90. The van der Waals surface area contributed by atoms with Crippen molar-refractivity contribution in [1.82, 2.24) is 4.31 Å². The molecule has 0 aromatic heterocycles. The fourth-order valence-corrected chi connectivity index (χ4v) is 1.95. The van der Waals surface area contributed by atoms with E-state index in [-0.39, 0.29) is 6.04 Å². The Morgan fingerprint density at radius 3 is 2.69 bits per heavy atom. The average molecular weight is 201 g/mol. The molecule has 1 aliphatic rings. The fraction of sp³-hybridized carbons (Fsp3) is 0.556. The Bertz CT molecular complexity index is 317. The molecule has 0 aliphatic heterocycles. The lowest BCUT2D eigenvalue weighted by Crippen LogP contribution is -2.34. The Hall–Kier alpha value is -0.610. The van der Waals surface area contributed by atoms with Crippen molar-refractivity contribution >= 4 is 10.0 Å². The van der Waals surface area contributed by atoms with Crippen molar-refractivity contribution in [1.29, 1.82) is 0 Å². The Morgan fingerprint density at radius 2 is 2.08 bits per heavy atom. The van der Waals surface area contributed by atoms with Crippen molar-refractivity contribution in [2.24, 2.45) is 0 Å². The SMILES string of the molecule is CN([C@H]1C=CC=CCC1)S(C)(=O)=O.